The Hall–Kier alpha value is -2.70. The Morgan fingerprint density at radius 2 is 1.96 bits per heavy atom. The highest BCUT2D eigenvalue weighted by molar-refractivity contribution is 5.95. The Labute approximate surface area is 134 Å². The number of amides is 1. The molecular weight excluding hydrogens is 296 g/mol. The molecule has 2 heterocycles. The summed E-state index contributed by atoms with van der Waals surface area (Å²) in [5.74, 6) is 0.632. The molecule has 122 valence electrons. The fourth-order valence-electron chi connectivity index (χ4n) is 2.20. The Morgan fingerprint density at radius 3 is 2.61 bits per heavy atom. The summed E-state index contributed by atoms with van der Waals surface area (Å²) in [6.45, 7) is 5.82. The molecule has 0 aromatic carbocycles. The van der Waals surface area contributed by atoms with Gasteiger partial charge >= 0.3 is 5.97 Å². The van der Waals surface area contributed by atoms with Gasteiger partial charge in [-0.25, -0.2) is 14.8 Å². The van der Waals surface area contributed by atoms with E-state index in [-0.39, 0.29) is 11.8 Å². The van der Waals surface area contributed by atoms with Crippen molar-refractivity contribution in [3.63, 3.8) is 0 Å². The number of hydrogen-bond acceptors (Lipinski definition) is 5. The molecule has 2 aromatic rings. The molecular formula is C16H20N4O3. The van der Waals surface area contributed by atoms with Crippen LogP contribution in [-0.2, 0) is 9.53 Å². The van der Waals surface area contributed by atoms with Gasteiger partial charge in [-0.15, -0.1) is 0 Å². The SMILES string of the molecule is COC(=O)c1ccnc(NC(=O)C(C)n2ccnc2C(C)C)c1. The molecule has 0 saturated heterocycles. The van der Waals surface area contributed by atoms with Crippen LogP contribution in [0.5, 0.6) is 0 Å². The molecule has 1 atom stereocenters. The summed E-state index contributed by atoms with van der Waals surface area (Å²) in [5.41, 5.74) is 0.330. The van der Waals surface area contributed by atoms with Gasteiger partial charge in [0.15, 0.2) is 0 Å². The van der Waals surface area contributed by atoms with Crippen molar-refractivity contribution < 1.29 is 14.3 Å². The van der Waals surface area contributed by atoms with Crippen LogP contribution in [0.4, 0.5) is 5.82 Å². The molecule has 7 nitrogen and oxygen atoms in total. The van der Waals surface area contributed by atoms with Crippen molar-refractivity contribution in [1.29, 1.82) is 0 Å². The predicted octanol–water partition coefficient (Wildman–Crippen LogP) is 2.39. The van der Waals surface area contributed by atoms with Gasteiger partial charge in [-0.1, -0.05) is 13.8 Å². The topological polar surface area (TPSA) is 86.1 Å². The van der Waals surface area contributed by atoms with Crippen molar-refractivity contribution >= 4 is 17.7 Å². The number of hydrogen-bond donors (Lipinski definition) is 1. The molecule has 23 heavy (non-hydrogen) atoms. The van der Waals surface area contributed by atoms with E-state index in [2.05, 4.69) is 20.0 Å². The summed E-state index contributed by atoms with van der Waals surface area (Å²) in [4.78, 5) is 32.3. The van der Waals surface area contributed by atoms with Gasteiger partial charge in [0, 0.05) is 24.5 Å². The molecule has 0 saturated carbocycles. The van der Waals surface area contributed by atoms with Gasteiger partial charge in [0.05, 0.1) is 12.7 Å². The largest absolute Gasteiger partial charge is 0.465 e. The number of methoxy groups -OCH3 is 1. The molecule has 0 radical (unpaired) electrons. The Bertz CT molecular complexity index is 709. The van der Waals surface area contributed by atoms with Crippen molar-refractivity contribution in [2.24, 2.45) is 0 Å². The molecule has 1 N–H and O–H groups in total. The number of nitrogens with zero attached hydrogens (tertiary/aromatic N) is 3. The molecule has 0 aliphatic heterocycles. The molecule has 0 aliphatic rings. The lowest BCUT2D eigenvalue weighted by Gasteiger charge is -2.17. The minimum absolute atomic E-state index is 0.209. The van der Waals surface area contributed by atoms with E-state index in [9.17, 15) is 9.59 Å². The lowest BCUT2D eigenvalue weighted by molar-refractivity contribution is -0.118. The minimum Gasteiger partial charge on any atom is -0.465 e. The average Bonchev–Trinajstić information content (AvgIpc) is 3.03. The first-order chi connectivity index (χ1) is 10.9. The first kappa shape index (κ1) is 16.7. The third kappa shape index (κ3) is 3.74. The molecule has 2 rings (SSSR count). The number of nitrogens with one attached hydrogen (secondary N) is 1. The van der Waals surface area contributed by atoms with Crippen LogP contribution in [0.3, 0.4) is 0 Å². The maximum absolute atomic E-state index is 12.4. The van der Waals surface area contributed by atoms with Gasteiger partial charge in [-0.3, -0.25) is 4.79 Å². The van der Waals surface area contributed by atoms with Crippen molar-refractivity contribution in [1.82, 2.24) is 14.5 Å². The average molecular weight is 316 g/mol. The maximum Gasteiger partial charge on any atom is 0.338 e. The Balaban J connectivity index is 2.15. The van der Waals surface area contributed by atoms with Gasteiger partial charge in [0.2, 0.25) is 5.91 Å². The van der Waals surface area contributed by atoms with E-state index >= 15 is 0 Å². The van der Waals surface area contributed by atoms with E-state index in [1.54, 1.807) is 19.3 Å². The molecule has 2 aromatic heterocycles. The zero-order valence-electron chi connectivity index (χ0n) is 13.6. The molecule has 1 amide bonds. The minimum atomic E-state index is -0.479. The van der Waals surface area contributed by atoms with Crippen molar-refractivity contribution in [2.45, 2.75) is 32.7 Å². The highest BCUT2D eigenvalue weighted by Gasteiger charge is 2.20. The van der Waals surface area contributed by atoms with E-state index in [0.29, 0.717) is 11.4 Å². The summed E-state index contributed by atoms with van der Waals surface area (Å²) in [6, 6.07) is 2.56. The van der Waals surface area contributed by atoms with E-state index in [1.165, 1.54) is 25.4 Å². The molecule has 0 fully saturated rings. The number of esters is 1. The van der Waals surface area contributed by atoms with Gasteiger partial charge in [-0.2, -0.15) is 0 Å². The number of imidazole rings is 1. The first-order valence-corrected chi connectivity index (χ1v) is 7.32. The van der Waals surface area contributed by atoms with Crippen LogP contribution in [-0.4, -0.2) is 33.5 Å². The van der Waals surface area contributed by atoms with Crippen LogP contribution in [0.1, 0.15) is 48.9 Å². The number of pyridine rings is 1. The first-order valence-electron chi connectivity index (χ1n) is 7.32. The van der Waals surface area contributed by atoms with E-state index in [0.717, 1.165) is 5.82 Å². The fraction of sp³-hybridized carbons (Fsp3) is 0.375. The Kier molecular flexibility index (Phi) is 5.10. The van der Waals surface area contributed by atoms with Crippen LogP contribution in [0.15, 0.2) is 30.7 Å². The monoisotopic (exact) mass is 316 g/mol. The number of rotatable bonds is 5. The summed E-state index contributed by atoms with van der Waals surface area (Å²) >= 11 is 0. The molecule has 1 unspecified atom stereocenters. The summed E-state index contributed by atoms with van der Waals surface area (Å²) in [7, 11) is 1.30. The normalized spacial score (nSPS) is 12.0. The van der Waals surface area contributed by atoms with Crippen LogP contribution >= 0.6 is 0 Å². The van der Waals surface area contributed by atoms with E-state index in [4.69, 9.17) is 0 Å². The second kappa shape index (κ2) is 7.04. The predicted molar refractivity (Wildman–Crippen MR) is 85.2 cm³/mol. The number of carbonyl (C=O) groups is 2. The lowest BCUT2D eigenvalue weighted by atomic mass is 10.2. The zero-order chi connectivity index (χ0) is 17.0. The highest BCUT2D eigenvalue weighted by Crippen LogP contribution is 2.18. The second-order valence-corrected chi connectivity index (χ2v) is 5.43. The summed E-state index contributed by atoms with van der Waals surface area (Å²) < 4.78 is 6.48. The lowest BCUT2D eigenvalue weighted by Crippen LogP contribution is -2.25. The summed E-state index contributed by atoms with van der Waals surface area (Å²) in [6.07, 6.45) is 4.90. The highest BCUT2D eigenvalue weighted by atomic mass is 16.5. The number of ether oxygens (including phenoxy) is 1. The van der Waals surface area contributed by atoms with Crippen molar-refractivity contribution in [3.8, 4) is 0 Å². The van der Waals surface area contributed by atoms with Crippen LogP contribution in [0.2, 0.25) is 0 Å². The molecule has 7 heteroatoms. The van der Waals surface area contributed by atoms with E-state index in [1.807, 2.05) is 18.4 Å². The van der Waals surface area contributed by atoms with Crippen LogP contribution in [0, 0.1) is 0 Å². The number of anilines is 1. The standard InChI is InChI=1S/C16H20N4O3/c1-10(2)14-18-7-8-20(14)11(3)15(21)19-13-9-12(5-6-17-13)16(22)23-4/h5-11H,1-4H3,(H,17,19,21). The third-order valence-corrected chi connectivity index (χ3v) is 3.44. The number of carbonyl (C=O) groups excluding carboxylic acids is 2. The Morgan fingerprint density at radius 1 is 1.22 bits per heavy atom. The van der Waals surface area contributed by atoms with Crippen molar-refractivity contribution in [2.75, 3.05) is 12.4 Å². The quantitative estimate of drug-likeness (QED) is 0.856. The summed E-state index contributed by atoms with van der Waals surface area (Å²) in [5, 5.41) is 2.71. The van der Waals surface area contributed by atoms with Gasteiger partial charge < -0.3 is 14.6 Å². The smallest absolute Gasteiger partial charge is 0.338 e. The zero-order valence-corrected chi connectivity index (χ0v) is 13.6. The fourth-order valence-corrected chi connectivity index (χ4v) is 2.20. The number of aromatic nitrogens is 3. The van der Waals surface area contributed by atoms with Crippen molar-refractivity contribution in [3.05, 3.63) is 42.1 Å². The van der Waals surface area contributed by atoms with Gasteiger partial charge in [0.1, 0.15) is 17.7 Å². The van der Waals surface area contributed by atoms with Gasteiger partial charge in [-0.05, 0) is 19.1 Å². The van der Waals surface area contributed by atoms with Gasteiger partial charge in [0.25, 0.3) is 0 Å². The third-order valence-electron chi connectivity index (χ3n) is 3.44. The molecule has 0 aliphatic carbocycles. The maximum atomic E-state index is 12.4. The van der Waals surface area contributed by atoms with Crippen LogP contribution < -0.4 is 5.32 Å². The second-order valence-electron chi connectivity index (χ2n) is 5.43. The molecule has 0 spiro atoms. The molecule has 0 bridgehead atoms. The van der Waals surface area contributed by atoms with E-state index < -0.39 is 12.0 Å². The van der Waals surface area contributed by atoms with Crippen LogP contribution in [0.25, 0.3) is 0 Å².